The van der Waals surface area contributed by atoms with Gasteiger partial charge in [0, 0.05) is 18.7 Å². The molecule has 10 heteroatoms. The van der Waals surface area contributed by atoms with Crippen LogP contribution in [0.1, 0.15) is 68.7 Å². The Hall–Kier alpha value is -1.84. The van der Waals surface area contributed by atoms with E-state index in [-0.39, 0.29) is 16.4 Å². The molecule has 27 heavy (non-hydrogen) atoms. The van der Waals surface area contributed by atoms with Crippen LogP contribution >= 0.6 is 15.9 Å². The van der Waals surface area contributed by atoms with E-state index in [0.717, 1.165) is 18.5 Å². The Kier molecular flexibility index (Phi) is 5.38. The molecule has 0 saturated heterocycles. The molecule has 2 unspecified atom stereocenters. The second-order valence-corrected chi connectivity index (χ2v) is 7.54. The summed E-state index contributed by atoms with van der Waals surface area (Å²) < 4.78 is 42.7. The quantitative estimate of drug-likeness (QED) is 0.721. The number of carbonyl (C=O) groups is 1. The lowest BCUT2D eigenvalue weighted by Gasteiger charge is -2.20. The molecular weight excluding hydrogens is 427 g/mol. The van der Waals surface area contributed by atoms with E-state index in [2.05, 4.69) is 31.4 Å². The van der Waals surface area contributed by atoms with Crippen molar-refractivity contribution in [1.29, 1.82) is 0 Å². The first-order chi connectivity index (χ1) is 12.6. The zero-order valence-electron chi connectivity index (χ0n) is 15.2. The molecule has 0 bridgehead atoms. The number of aromatic nitrogens is 4. The molecule has 0 aliphatic heterocycles. The Morgan fingerprint density at radius 1 is 1.41 bits per heavy atom. The molecule has 0 spiro atoms. The van der Waals surface area contributed by atoms with Gasteiger partial charge in [-0.3, -0.25) is 14.2 Å². The molecule has 148 valence electrons. The zero-order valence-corrected chi connectivity index (χ0v) is 16.8. The first kappa shape index (κ1) is 19.9. The van der Waals surface area contributed by atoms with Gasteiger partial charge in [0.1, 0.15) is 6.04 Å². The van der Waals surface area contributed by atoms with E-state index >= 15 is 0 Å². The van der Waals surface area contributed by atoms with Gasteiger partial charge in [0.05, 0.1) is 21.9 Å². The van der Waals surface area contributed by atoms with Crippen LogP contribution in [0.25, 0.3) is 0 Å². The van der Waals surface area contributed by atoms with Gasteiger partial charge in [-0.25, -0.2) is 0 Å². The van der Waals surface area contributed by atoms with Crippen LogP contribution in [0, 0.1) is 0 Å². The fraction of sp³-hybridized carbons (Fsp3) is 0.588. The van der Waals surface area contributed by atoms with E-state index < -0.39 is 23.8 Å². The minimum Gasteiger partial charge on any atom is -0.346 e. The van der Waals surface area contributed by atoms with E-state index in [1.165, 1.54) is 4.68 Å². The number of amides is 1. The van der Waals surface area contributed by atoms with Crippen molar-refractivity contribution in [3.8, 4) is 0 Å². The molecule has 1 saturated carbocycles. The van der Waals surface area contributed by atoms with Crippen molar-refractivity contribution in [1.82, 2.24) is 24.9 Å². The summed E-state index contributed by atoms with van der Waals surface area (Å²) in [6.45, 7) is 5.97. The van der Waals surface area contributed by atoms with E-state index in [9.17, 15) is 18.0 Å². The van der Waals surface area contributed by atoms with Gasteiger partial charge in [-0.1, -0.05) is 0 Å². The van der Waals surface area contributed by atoms with E-state index in [1.54, 1.807) is 23.9 Å². The number of aryl methyl sites for hydroxylation is 1. The molecule has 3 rings (SSSR count). The summed E-state index contributed by atoms with van der Waals surface area (Å²) in [5.74, 6) is -0.394. The molecule has 0 radical (unpaired) electrons. The van der Waals surface area contributed by atoms with E-state index in [0.29, 0.717) is 12.2 Å². The summed E-state index contributed by atoms with van der Waals surface area (Å²) in [5.41, 5.74) is 0.287. The van der Waals surface area contributed by atoms with Crippen LogP contribution in [0.5, 0.6) is 0 Å². The fourth-order valence-electron chi connectivity index (χ4n) is 3.12. The Bertz CT molecular complexity index is 840. The van der Waals surface area contributed by atoms with Crippen LogP contribution in [0.3, 0.4) is 0 Å². The number of carbonyl (C=O) groups excluding carboxylic acids is 1. The highest BCUT2D eigenvalue weighted by Gasteiger charge is 2.43. The molecule has 2 atom stereocenters. The van der Waals surface area contributed by atoms with Crippen molar-refractivity contribution in [2.45, 2.75) is 64.3 Å². The third-order valence-electron chi connectivity index (χ3n) is 4.72. The molecule has 2 aromatic rings. The van der Waals surface area contributed by atoms with Crippen molar-refractivity contribution < 1.29 is 18.0 Å². The summed E-state index contributed by atoms with van der Waals surface area (Å²) in [5, 5.41) is 10.8. The van der Waals surface area contributed by atoms with Gasteiger partial charge in [0.15, 0.2) is 5.69 Å². The smallest absolute Gasteiger partial charge is 0.346 e. The molecular formula is C17H21BrF3N5O. The van der Waals surface area contributed by atoms with Crippen LogP contribution in [-0.4, -0.2) is 25.5 Å². The average Bonchev–Trinajstić information content (AvgIpc) is 3.19. The summed E-state index contributed by atoms with van der Waals surface area (Å²) in [7, 11) is 0. The summed E-state index contributed by atoms with van der Waals surface area (Å²) >= 11 is 3.05. The van der Waals surface area contributed by atoms with E-state index in [1.807, 2.05) is 13.8 Å². The first-order valence-corrected chi connectivity index (χ1v) is 9.61. The second-order valence-electron chi connectivity index (χ2n) is 6.74. The number of hydrogen-bond donors (Lipinski definition) is 1. The van der Waals surface area contributed by atoms with Crippen LogP contribution < -0.4 is 5.32 Å². The molecule has 1 aliphatic carbocycles. The minimum atomic E-state index is -4.58. The van der Waals surface area contributed by atoms with Crippen LogP contribution in [0.4, 0.5) is 13.2 Å². The van der Waals surface area contributed by atoms with Gasteiger partial charge in [0.2, 0.25) is 5.91 Å². The number of halogens is 4. The monoisotopic (exact) mass is 447 g/mol. The molecule has 2 aromatic heterocycles. The minimum absolute atomic E-state index is 0.00262. The van der Waals surface area contributed by atoms with Gasteiger partial charge in [-0.15, -0.1) is 0 Å². The van der Waals surface area contributed by atoms with Crippen molar-refractivity contribution in [3.05, 3.63) is 33.8 Å². The number of rotatable bonds is 6. The number of nitrogens with zero attached hydrogens (tertiary/aromatic N) is 4. The summed E-state index contributed by atoms with van der Waals surface area (Å²) in [6, 6.07) is 0.613. The fourth-order valence-corrected chi connectivity index (χ4v) is 3.93. The zero-order chi connectivity index (χ0) is 19.9. The Balaban J connectivity index is 1.85. The molecule has 1 amide bonds. The SMILES string of the molecule is CCn1nccc1C(C)NC(=O)C(C)n1nc(C(F)(F)F)c(Br)c1C1CC1. The van der Waals surface area contributed by atoms with Crippen LogP contribution in [0.15, 0.2) is 16.7 Å². The van der Waals surface area contributed by atoms with Gasteiger partial charge >= 0.3 is 6.18 Å². The normalized spacial score (nSPS) is 17.0. The lowest BCUT2D eigenvalue weighted by molar-refractivity contribution is -0.142. The maximum absolute atomic E-state index is 13.3. The van der Waals surface area contributed by atoms with Gasteiger partial charge in [-0.2, -0.15) is 23.4 Å². The molecule has 1 fully saturated rings. The molecule has 1 N–H and O–H groups in total. The topological polar surface area (TPSA) is 64.7 Å². The first-order valence-electron chi connectivity index (χ1n) is 8.82. The van der Waals surface area contributed by atoms with Crippen LogP contribution in [-0.2, 0) is 17.5 Å². The molecule has 0 aromatic carbocycles. The predicted molar refractivity (Wildman–Crippen MR) is 96.1 cm³/mol. The lowest BCUT2D eigenvalue weighted by atomic mass is 10.2. The highest BCUT2D eigenvalue weighted by atomic mass is 79.9. The number of nitrogens with one attached hydrogen (secondary N) is 1. The van der Waals surface area contributed by atoms with Crippen molar-refractivity contribution in [2.24, 2.45) is 0 Å². The number of alkyl halides is 3. The predicted octanol–water partition coefficient (Wildman–Crippen LogP) is 4.20. The Morgan fingerprint density at radius 3 is 2.63 bits per heavy atom. The van der Waals surface area contributed by atoms with Gasteiger partial charge < -0.3 is 5.32 Å². The maximum atomic E-state index is 13.3. The Morgan fingerprint density at radius 2 is 2.07 bits per heavy atom. The molecule has 1 aliphatic rings. The van der Waals surface area contributed by atoms with Gasteiger partial charge in [-0.05, 0) is 55.6 Å². The third-order valence-corrected chi connectivity index (χ3v) is 5.50. The maximum Gasteiger partial charge on any atom is 0.436 e. The molecule has 6 nitrogen and oxygen atoms in total. The number of hydrogen-bond acceptors (Lipinski definition) is 3. The third kappa shape index (κ3) is 3.90. The van der Waals surface area contributed by atoms with Gasteiger partial charge in [0.25, 0.3) is 0 Å². The standard InChI is InChI=1S/C17H21BrF3N5O/c1-4-25-12(7-8-22-25)9(2)23-16(27)10(3)26-14(11-5-6-11)13(18)15(24-26)17(19,20)21/h7-11H,4-6H2,1-3H3,(H,23,27). The van der Waals surface area contributed by atoms with Crippen molar-refractivity contribution in [2.75, 3.05) is 0 Å². The largest absolute Gasteiger partial charge is 0.436 e. The summed E-state index contributed by atoms with van der Waals surface area (Å²) in [6.07, 6.45) is -1.34. The highest BCUT2D eigenvalue weighted by molar-refractivity contribution is 9.10. The molecule has 2 heterocycles. The van der Waals surface area contributed by atoms with Crippen LogP contribution in [0.2, 0.25) is 0 Å². The van der Waals surface area contributed by atoms with Crippen molar-refractivity contribution >= 4 is 21.8 Å². The lowest BCUT2D eigenvalue weighted by Crippen LogP contribution is -2.35. The second kappa shape index (κ2) is 7.29. The average molecular weight is 448 g/mol. The Labute approximate surface area is 163 Å². The van der Waals surface area contributed by atoms with E-state index in [4.69, 9.17) is 0 Å². The highest BCUT2D eigenvalue weighted by Crippen LogP contribution is 2.47. The summed E-state index contributed by atoms with van der Waals surface area (Å²) in [4.78, 5) is 12.7. The van der Waals surface area contributed by atoms with Crippen molar-refractivity contribution in [3.63, 3.8) is 0 Å².